The number of hydrogen-bond donors (Lipinski definition) is 2. The van der Waals surface area contributed by atoms with Crippen molar-refractivity contribution in [2.24, 2.45) is 5.84 Å². The average molecular weight is 200 g/mol. The van der Waals surface area contributed by atoms with Crippen LogP contribution in [0, 0.1) is 6.92 Å². The fourth-order valence-corrected chi connectivity index (χ4v) is 1.48. The SMILES string of the molecule is CSCc1cc(C)c(C(=O)NN)o1. The quantitative estimate of drug-likeness (QED) is 0.435. The summed E-state index contributed by atoms with van der Waals surface area (Å²) in [6, 6.07) is 1.85. The molecule has 3 N–H and O–H groups in total. The van der Waals surface area contributed by atoms with Crippen molar-refractivity contribution in [3.8, 4) is 0 Å². The molecule has 13 heavy (non-hydrogen) atoms. The largest absolute Gasteiger partial charge is 0.455 e. The number of carbonyl (C=O) groups excluding carboxylic acids is 1. The van der Waals surface area contributed by atoms with E-state index in [0.29, 0.717) is 5.76 Å². The van der Waals surface area contributed by atoms with Crippen molar-refractivity contribution in [1.29, 1.82) is 0 Å². The molecule has 0 saturated heterocycles. The number of nitrogens with one attached hydrogen (secondary N) is 1. The van der Waals surface area contributed by atoms with Gasteiger partial charge in [-0.3, -0.25) is 10.2 Å². The second-order valence-electron chi connectivity index (χ2n) is 2.63. The van der Waals surface area contributed by atoms with E-state index in [-0.39, 0.29) is 5.91 Å². The first-order chi connectivity index (χ1) is 6.19. The van der Waals surface area contributed by atoms with Crippen molar-refractivity contribution in [2.45, 2.75) is 12.7 Å². The summed E-state index contributed by atoms with van der Waals surface area (Å²) in [5.74, 6) is 6.46. The standard InChI is InChI=1S/C8H12N2O2S/c1-5-3-6(4-13-2)12-7(5)8(11)10-9/h3H,4,9H2,1-2H3,(H,10,11). The molecule has 1 rings (SSSR count). The van der Waals surface area contributed by atoms with Crippen LogP contribution in [0.2, 0.25) is 0 Å². The Bertz CT molecular complexity index is 309. The van der Waals surface area contributed by atoms with Gasteiger partial charge in [-0.05, 0) is 19.2 Å². The normalized spacial score (nSPS) is 10.1. The number of nitrogens with two attached hydrogens (primary N) is 1. The topological polar surface area (TPSA) is 68.3 Å². The lowest BCUT2D eigenvalue weighted by Crippen LogP contribution is -2.30. The van der Waals surface area contributed by atoms with E-state index < -0.39 is 0 Å². The monoisotopic (exact) mass is 200 g/mol. The van der Waals surface area contributed by atoms with E-state index in [2.05, 4.69) is 0 Å². The van der Waals surface area contributed by atoms with Crippen LogP contribution >= 0.6 is 11.8 Å². The van der Waals surface area contributed by atoms with Gasteiger partial charge >= 0.3 is 5.91 Å². The lowest BCUT2D eigenvalue weighted by Gasteiger charge is -1.95. The Morgan fingerprint density at radius 3 is 3.00 bits per heavy atom. The number of furan rings is 1. The molecule has 0 fully saturated rings. The molecule has 0 unspecified atom stereocenters. The van der Waals surface area contributed by atoms with Crippen LogP contribution in [0.3, 0.4) is 0 Å². The van der Waals surface area contributed by atoms with E-state index in [0.717, 1.165) is 17.1 Å². The predicted octanol–water partition coefficient (Wildman–Crippen LogP) is 1.05. The zero-order valence-electron chi connectivity index (χ0n) is 7.59. The molecule has 0 aliphatic heterocycles. The van der Waals surface area contributed by atoms with Crippen molar-refractivity contribution in [3.05, 3.63) is 23.2 Å². The molecular formula is C8H12N2O2S. The fraction of sp³-hybridized carbons (Fsp3) is 0.375. The van der Waals surface area contributed by atoms with Gasteiger partial charge in [-0.25, -0.2) is 5.84 Å². The molecule has 72 valence electrons. The van der Waals surface area contributed by atoms with E-state index in [9.17, 15) is 4.79 Å². The van der Waals surface area contributed by atoms with Gasteiger partial charge in [0.1, 0.15) is 5.76 Å². The Hall–Kier alpha value is -0.940. The summed E-state index contributed by atoms with van der Waals surface area (Å²) in [6.07, 6.45) is 1.97. The van der Waals surface area contributed by atoms with E-state index in [4.69, 9.17) is 10.3 Å². The summed E-state index contributed by atoms with van der Waals surface area (Å²) in [6.45, 7) is 1.82. The van der Waals surface area contributed by atoms with Crippen LogP contribution in [0.25, 0.3) is 0 Å². The third-order valence-corrected chi connectivity index (χ3v) is 2.17. The van der Waals surface area contributed by atoms with E-state index in [1.54, 1.807) is 11.8 Å². The fourth-order valence-electron chi connectivity index (χ4n) is 1.05. The Morgan fingerprint density at radius 2 is 2.46 bits per heavy atom. The van der Waals surface area contributed by atoms with Gasteiger partial charge in [-0.15, -0.1) is 0 Å². The van der Waals surface area contributed by atoms with Crippen molar-refractivity contribution in [2.75, 3.05) is 6.26 Å². The lowest BCUT2D eigenvalue weighted by atomic mass is 10.2. The first-order valence-corrected chi connectivity index (χ1v) is 5.17. The van der Waals surface area contributed by atoms with Gasteiger partial charge in [0.25, 0.3) is 0 Å². The first-order valence-electron chi connectivity index (χ1n) is 3.78. The van der Waals surface area contributed by atoms with Gasteiger partial charge < -0.3 is 4.42 Å². The predicted molar refractivity (Wildman–Crippen MR) is 52.3 cm³/mol. The van der Waals surface area contributed by atoms with Gasteiger partial charge in [0.05, 0.1) is 5.75 Å². The van der Waals surface area contributed by atoms with E-state index in [1.807, 2.05) is 24.7 Å². The first kappa shape index (κ1) is 10.1. The van der Waals surface area contributed by atoms with Gasteiger partial charge in [0, 0.05) is 5.56 Å². The van der Waals surface area contributed by atoms with Gasteiger partial charge in [0.15, 0.2) is 5.76 Å². The maximum atomic E-state index is 11.1. The van der Waals surface area contributed by atoms with Gasteiger partial charge in [-0.1, -0.05) is 0 Å². The van der Waals surface area contributed by atoms with E-state index in [1.165, 1.54) is 0 Å². The molecule has 0 bridgehead atoms. The molecule has 0 radical (unpaired) electrons. The minimum atomic E-state index is -0.384. The lowest BCUT2D eigenvalue weighted by molar-refractivity contribution is 0.0923. The van der Waals surface area contributed by atoms with Crippen molar-refractivity contribution in [3.63, 3.8) is 0 Å². The maximum absolute atomic E-state index is 11.1. The molecule has 1 heterocycles. The Labute approximate surface area is 80.8 Å². The molecule has 0 aliphatic carbocycles. The average Bonchev–Trinajstić information content (AvgIpc) is 2.46. The number of carbonyl (C=O) groups is 1. The Kier molecular flexibility index (Phi) is 3.39. The highest BCUT2D eigenvalue weighted by molar-refractivity contribution is 7.97. The van der Waals surface area contributed by atoms with Gasteiger partial charge in [0.2, 0.25) is 0 Å². The molecule has 0 aliphatic rings. The van der Waals surface area contributed by atoms with Crippen LogP contribution in [0.5, 0.6) is 0 Å². The third-order valence-electron chi connectivity index (χ3n) is 1.59. The highest BCUT2D eigenvalue weighted by Crippen LogP contribution is 2.17. The number of amides is 1. The molecular weight excluding hydrogens is 188 g/mol. The van der Waals surface area contributed by atoms with Crippen LogP contribution in [0.1, 0.15) is 21.9 Å². The number of hydrogen-bond acceptors (Lipinski definition) is 4. The zero-order chi connectivity index (χ0) is 9.84. The smallest absolute Gasteiger partial charge is 0.301 e. The minimum Gasteiger partial charge on any atom is -0.455 e. The summed E-state index contributed by atoms with van der Waals surface area (Å²) in [5, 5.41) is 0. The molecule has 0 spiro atoms. The molecule has 0 atom stereocenters. The Morgan fingerprint density at radius 1 is 1.77 bits per heavy atom. The van der Waals surface area contributed by atoms with E-state index >= 15 is 0 Å². The molecule has 1 aromatic rings. The summed E-state index contributed by atoms with van der Waals surface area (Å²) in [5.41, 5.74) is 2.85. The zero-order valence-corrected chi connectivity index (χ0v) is 8.40. The molecule has 0 saturated carbocycles. The molecule has 1 aromatic heterocycles. The second kappa shape index (κ2) is 4.34. The second-order valence-corrected chi connectivity index (χ2v) is 3.50. The van der Waals surface area contributed by atoms with Crippen molar-refractivity contribution < 1.29 is 9.21 Å². The number of thioether (sulfide) groups is 1. The molecule has 0 aromatic carbocycles. The molecule has 1 amide bonds. The Balaban J connectivity index is 2.89. The highest BCUT2D eigenvalue weighted by Gasteiger charge is 2.13. The number of rotatable bonds is 3. The number of aryl methyl sites for hydroxylation is 1. The summed E-state index contributed by atoms with van der Waals surface area (Å²) < 4.78 is 5.29. The van der Waals surface area contributed by atoms with Crippen molar-refractivity contribution in [1.82, 2.24) is 5.43 Å². The summed E-state index contributed by atoms with van der Waals surface area (Å²) in [4.78, 5) is 11.1. The van der Waals surface area contributed by atoms with Crippen LogP contribution in [-0.2, 0) is 5.75 Å². The van der Waals surface area contributed by atoms with Crippen LogP contribution < -0.4 is 11.3 Å². The van der Waals surface area contributed by atoms with Crippen LogP contribution in [0.4, 0.5) is 0 Å². The number of nitrogen functional groups attached to an aromatic ring is 1. The minimum absolute atomic E-state index is 0.298. The van der Waals surface area contributed by atoms with Crippen molar-refractivity contribution >= 4 is 17.7 Å². The third kappa shape index (κ3) is 2.26. The highest BCUT2D eigenvalue weighted by atomic mass is 32.2. The van der Waals surface area contributed by atoms with Crippen LogP contribution in [0.15, 0.2) is 10.5 Å². The van der Waals surface area contributed by atoms with Crippen LogP contribution in [-0.4, -0.2) is 12.2 Å². The summed E-state index contributed by atoms with van der Waals surface area (Å²) >= 11 is 1.64. The molecule has 4 nitrogen and oxygen atoms in total. The summed E-state index contributed by atoms with van der Waals surface area (Å²) in [7, 11) is 0. The molecule has 5 heteroatoms. The maximum Gasteiger partial charge on any atom is 0.301 e. The van der Waals surface area contributed by atoms with Gasteiger partial charge in [-0.2, -0.15) is 11.8 Å². The number of hydrazine groups is 1.